The summed E-state index contributed by atoms with van der Waals surface area (Å²) in [5.74, 6) is 0. The highest BCUT2D eigenvalue weighted by molar-refractivity contribution is 9.10. The number of ether oxygens (including phenoxy) is 1. The van der Waals surface area contributed by atoms with Crippen molar-refractivity contribution in [3.8, 4) is 0 Å². The fraction of sp³-hybridized carbons (Fsp3) is 0.417. The molecule has 4 heteroatoms. The number of carbonyl (C=O) groups is 1. The fourth-order valence-corrected chi connectivity index (χ4v) is 2.09. The van der Waals surface area contributed by atoms with E-state index >= 15 is 0 Å². The van der Waals surface area contributed by atoms with Crippen molar-refractivity contribution in [2.75, 3.05) is 18.1 Å². The standard InChI is InChI=1S/C12H14BrNO2/c1-8-6-10(7-9(2)11(8)13)14-4-3-5-16-12(14)15/h6-7H,3-5H2,1-2H3. The molecule has 3 nitrogen and oxygen atoms in total. The predicted molar refractivity (Wildman–Crippen MR) is 66.9 cm³/mol. The first-order chi connectivity index (χ1) is 7.59. The maximum atomic E-state index is 11.6. The average Bonchev–Trinajstić information content (AvgIpc) is 2.26. The van der Waals surface area contributed by atoms with Crippen molar-refractivity contribution in [3.05, 3.63) is 27.7 Å². The lowest BCUT2D eigenvalue weighted by Gasteiger charge is -2.27. The molecule has 86 valence electrons. The van der Waals surface area contributed by atoms with Gasteiger partial charge in [-0.2, -0.15) is 0 Å². The van der Waals surface area contributed by atoms with E-state index in [4.69, 9.17) is 4.74 Å². The molecule has 1 aliphatic rings. The molecule has 0 unspecified atom stereocenters. The molecule has 1 fully saturated rings. The molecule has 0 atom stereocenters. The van der Waals surface area contributed by atoms with Gasteiger partial charge in [-0.05, 0) is 43.5 Å². The topological polar surface area (TPSA) is 29.5 Å². The van der Waals surface area contributed by atoms with Gasteiger partial charge in [0.1, 0.15) is 0 Å². The molecular weight excluding hydrogens is 270 g/mol. The molecule has 0 aromatic heterocycles. The third-order valence-corrected chi connectivity index (χ3v) is 3.96. The average molecular weight is 284 g/mol. The molecule has 1 aromatic rings. The quantitative estimate of drug-likeness (QED) is 0.791. The van der Waals surface area contributed by atoms with Crippen LogP contribution < -0.4 is 4.90 Å². The highest BCUT2D eigenvalue weighted by atomic mass is 79.9. The molecular formula is C12H14BrNO2. The number of carbonyl (C=O) groups excluding carboxylic acids is 1. The van der Waals surface area contributed by atoms with Gasteiger partial charge in [0.15, 0.2) is 0 Å². The first-order valence-electron chi connectivity index (χ1n) is 5.30. The number of benzene rings is 1. The molecule has 0 saturated carbocycles. The molecule has 2 rings (SSSR count). The van der Waals surface area contributed by atoms with E-state index < -0.39 is 0 Å². The summed E-state index contributed by atoms with van der Waals surface area (Å²) >= 11 is 3.52. The number of amides is 1. The zero-order valence-electron chi connectivity index (χ0n) is 9.42. The van der Waals surface area contributed by atoms with Crippen molar-refractivity contribution < 1.29 is 9.53 Å². The predicted octanol–water partition coefficient (Wildman–Crippen LogP) is 3.41. The van der Waals surface area contributed by atoms with E-state index in [1.807, 2.05) is 26.0 Å². The van der Waals surface area contributed by atoms with Gasteiger partial charge in [0.25, 0.3) is 0 Å². The summed E-state index contributed by atoms with van der Waals surface area (Å²) in [5, 5.41) is 0. The van der Waals surface area contributed by atoms with Crippen molar-refractivity contribution in [2.24, 2.45) is 0 Å². The number of cyclic esters (lactones) is 1. The van der Waals surface area contributed by atoms with Crippen molar-refractivity contribution >= 4 is 27.7 Å². The second-order valence-electron chi connectivity index (χ2n) is 4.01. The third kappa shape index (κ3) is 2.07. The summed E-state index contributed by atoms with van der Waals surface area (Å²) in [6, 6.07) is 4.01. The van der Waals surface area contributed by atoms with E-state index in [0.717, 1.165) is 34.3 Å². The first kappa shape index (κ1) is 11.5. The normalized spacial score (nSPS) is 16.2. The second-order valence-corrected chi connectivity index (χ2v) is 4.81. The molecule has 1 heterocycles. The fourth-order valence-electron chi connectivity index (χ4n) is 1.86. The monoisotopic (exact) mass is 283 g/mol. The van der Waals surface area contributed by atoms with Crippen LogP contribution >= 0.6 is 15.9 Å². The number of hydrogen-bond donors (Lipinski definition) is 0. The molecule has 0 spiro atoms. The Morgan fingerprint density at radius 3 is 2.50 bits per heavy atom. The maximum Gasteiger partial charge on any atom is 0.414 e. The smallest absolute Gasteiger partial charge is 0.414 e. The van der Waals surface area contributed by atoms with Crippen LogP contribution in [0.5, 0.6) is 0 Å². The number of halogens is 1. The number of rotatable bonds is 1. The first-order valence-corrected chi connectivity index (χ1v) is 6.10. The van der Waals surface area contributed by atoms with Crippen LogP contribution in [0.25, 0.3) is 0 Å². The van der Waals surface area contributed by atoms with Crippen LogP contribution in [0.4, 0.5) is 10.5 Å². The molecule has 0 N–H and O–H groups in total. The van der Waals surface area contributed by atoms with Crippen molar-refractivity contribution in [3.63, 3.8) is 0 Å². The molecule has 1 saturated heterocycles. The van der Waals surface area contributed by atoms with Crippen LogP contribution in [0.3, 0.4) is 0 Å². The zero-order chi connectivity index (χ0) is 11.7. The van der Waals surface area contributed by atoms with Gasteiger partial charge in [0.05, 0.1) is 6.61 Å². The summed E-state index contributed by atoms with van der Waals surface area (Å²) in [6.45, 7) is 5.31. The Bertz CT molecular complexity index is 408. The molecule has 1 amide bonds. The largest absolute Gasteiger partial charge is 0.449 e. The number of anilines is 1. The van der Waals surface area contributed by atoms with E-state index in [2.05, 4.69) is 15.9 Å². The van der Waals surface area contributed by atoms with Gasteiger partial charge in [-0.3, -0.25) is 4.90 Å². The molecule has 0 radical (unpaired) electrons. The van der Waals surface area contributed by atoms with Crippen LogP contribution in [0.15, 0.2) is 16.6 Å². The van der Waals surface area contributed by atoms with E-state index in [-0.39, 0.29) is 6.09 Å². The SMILES string of the molecule is Cc1cc(N2CCCOC2=O)cc(C)c1Br. The Balaban J connectivity index is 2.36. The van der Waals surface area contributed by atoms with Gasteiger partial charge in [0, 0.05) is 16.7 Å². The van der Waals surface area contributed by atoms with Gasteiger partial charge >= 0.3 is 6.09 Å². The van der Waals surface area contributed by atoms with Gasteiger partial charge in [0.2, 0.25) is 0 Å². The van der Waals surface area contributed by atoms with E-state index in [1.54, 1.807) is 4.90 Å². The molecule has 1 aromatic carbocycles. The molecule has 16 heavy (non-hydrogen) atoms. The minimum atomic E-state index is -0.243. The molecule has 0 bridgehead atoms. The molecule has 0 aliphatic carbocycles. The zero-order valence-corrected chi connectivity index (χ0v) is 11.0. The van der Waals surface area contributed by atoms with Crippen LogP contribution in [0.1, 0.15) is 17.5 Å². The third-order valence-electron chi connectivity index (χ3n) is 2.70. The minimum Gasteiger partial charge on any atom is -0.449 e. The van der Waals surface area contributed by atoms with E-state index in [9.17, 15) is 4.79 Å². The summed E-state index contributed by atoms with van der Waals surface area (Å²) in [7, 11) is 0. The van der Waals surface area contributed by atoms with Gasteiger partial charge < -0.3 is 4.74 Å². The van der Waals surface area contributed by atoms with Crippen LogP contribution in [-0.4, -0.2) is 19.2 Å². The molecule has 1 aliphatic heterocycles. The number of hydrogen-bond acceptors (Lipinski definition) is 2. The second kappa shape index (κ2) is 4.45. The lowest BCUT2D eigenvalue weighted by molar-refractivity contribution is 0.140. The Labute approximate surface area is 104 Å². The van der Waals surface area contributed by atoms with Crippen molar-refractivity contribution in [2.45, 2.75) is 20.3 Å². The Kier molecular flexibility index (Phi) is 3.19. The minimum absolute atomic E-state index is 0.243. The Hall–Kier alpha value is -1.03. The van der Waals surface area contributed by atoms with Crippen molar-refractivity contribution in [1.82, 2.24) is 0 Å². The summed E-state index contributed by atoms with van der Waals surface area (Å²) in [5.41, 5.74) is 3.18. The van der Waals surface area contributed by atoms with E-state index in [1.165, 1.54) is 0 Å². The summed E-state index contributed by atoms with van der Waals surface area (Å²) in [4.78, 5) is 13.3. The maximum absolute atomic E-state index is 11.6. The van der Waals surface area contributed by atoms with Crippen LogP contribution in [0, 0.1) is 13.8 Å². The number of aryl methyl sites for hydroxylation is 2. The van der Waals surface area contributed by atoms with Crippen LogP contribution in [-0.2, 0) is 4.74 Å². The van der Waals surface area contributed by atoms with Gasteiger partial charge in [-0.1, -0.05) is 15.9 Å². The van der Waals surface area contributed by atoms with Crippen LogP contribution in [0.2, 0.25) is 0 Å². The van der Waals surface area contributed by atoms with Crippen molar-refractivity contribution in [1.29, 1.82) is 0 Å². The Morgan fingerprint density at radius 2 is 1.94 bits per heavy atom. The summed E-state index contributed by atoms with van der Waals surface area (Å²) < 4.78 is 6.13. The highest BCUT2D eigenvalue weighted by Gasteiger charge is 2.21. The van der Waals surface area contributed by atoms with Gasteiger partial charge in [-0.25, -0.2) is 4.79 Å². The number of nitrogens with zero attached hydrogens (tertiary/aromatic N) is 1. The lowest BCUT2D eigenvalue weighted by Crippen LogP contribution is -2.37. The highest BCUT2D eigenvalue weighted by Crippen LogP contribution is 2.28. The van der Waals surface area contributed by atoms with E-state index in [0.29, 0.717) is 6.61 Å². The summed E-state index contributed by atoms with van der Waals surface area (Å²) in [6.07, 6.45) is 0.646. The lowest BCUT2D eigenvalue weighted by atomic mass is 10.1. The van der Waals surface area contributed by atoms with Gasteiger partial charge in [-0.15, -0.1) is 0 Å². The Morgan fingerprint density at radius 1 is 1.31 bits per heavy atom.